The van der Waals surface area contributed by atoms with Crippen molar-refractivity contribution in [1.82, 2.24) is 14.5 Å². The van der Waals surface area contributed by atoms with Crippen LogP contribution in [0, 0.1) is 0 Å². The van der Waals surface area contributed by atoms with Crippen molar-refractivity contribution < 1.29 is 9.53 Å². The third-order valence-corrected chi connectivity index (χ3v) is 5.97. The van der Waals surface area contributed by atoms with Crippen LogP contribution >= 0.6 is 11.3 Å². The monoisotopic (exact) mass is 381 g/mol. The molecule has 1 amide bonds. The first-order valence-corrected chi connectivity index (χ1v) is 10.0. The van der Waals surface area contributed by atoms with Crippen LogP contribution in [-0.4, -0.2) is 34.0 Å². The van der Waals surface area contributed by atoms with E-state index in [0.717, 1.165) is 41.6 Å². The normalized spacial score (nSPS) is 16.6. The topological polar surface area (TPSA) is 47.4 Å². The quantitative estimate of drug-likeness (QED) is 0.645. The number of amides is 1. The number of rotatable bonds is 6. The number of thiophene rings is 1. The van der Waals surface area contributed by atoms with Gasteiger partial charge in [0.25, 0.3) is 5.91 Å². The number of aromatic nitrogens is 2. The first kappa shape index (κ1) is 17.9. The van der Waals surface area contributed by atoms with Crippen molar-refractivity contribution in [3.63, 3.8) is 0 Å². The van der Waals surface area contributed by atoms with E-state index in [4.69, 9.17) is 4.74 Å². The molecule has 1 aliphatic rings. The molecule has 0 aliphatic carbocycles. The Kier molecular flexibility index (Phi) is 5.36. The summed E-state index contributed by atoms with van der Waals surface area (Å²) in [6.07, 6.45) is 6.04. The lowest BCUT2D eigenvalue weighted by Gasteiger charge is -2.17. The van der Waals surface area contributed by atoms with Gasteiger partial charge in [0.15, 0.2) is 0 Å². The van der Waals surface area contributed by atoms with Gasteiger partial charge < -0.3 is 14.2 Å². The number of carbonyl (C=O) groups is 1. The zero-order valence-electron chi connectivity index (χ0n) is 15.4. The molecule has 0 N–H and O–H groups in total. The van der Waals surface area contributed by atoms with Crippen LogP contribution in [0.1, 0.15) is 44.9 Å². The van der Waals surface area contributed by atoms with Crippen LogP contribution < -0.4 is 0 Å². The molecule has 1 saturated heterocycles. The first-order valence-electron chi connectivity index (χ1n) is 9.21. The molecule has 5 nitrogen and oxygen atoms in total. The van der Waals surface area contributed by atoms with Gasteiger partial charge in [-0.25, -0.2) is 4.98 Å². The summed E-state index contributed by atoms with van der Waals surface area (Å²) < 4.78 is 7.81. The summed E-state index contributed by atoms with van der Waals surface area (Å²) in [6, 6.07) is 14.2. The van der Waals surface area contributed by atoms with Crippen LogP contribution in [0.15, 0.2) is 54.9 Å². The fourth-order valence-corrected chi connectivity index (χ4v) is 4.42. The van der Waals surface area contributed by atoms with Crippen molar-refractivity contribution in [3.05, 3.63) is 76.0 Å². The van der Waals surface area contributed by atoms with Gasteiger partial charge in [-0.1, -0.05) is 30.3 Å². The van der Waals surface area contributed by atoms with Gasteiger partial charge in [0.1, 0.15) is 5.82 Å². The Bertz CT molecular complexity index is 897. The molecule has 140 valence electrons. The van der Waals surface area contributed by atoms with E-state index in [0.29, 0.717) is 6.54 Å². The van der Waals surface area contributed by atoms with E-state index in [9.17, 15) is 4.79 Å². The van der Waals surface area contributed by atoms with Gasteiger partial charge in [0.2, 0.25) is 0 Å². The van der Waals surface area contributed by atoms with Crippen LogP contribution in [0.4, 0.5) is 0 Å². The zero-order valence-corrected chi connectivity index (χ0v) is 16.2. The maximum absolute atomic E-state index is 12.8. The Morgan fingerprint density at radius 3 is 2.93 bits per heavy atom. The van der Waals surface area contributed by atoms with Crippen molar-refractivity contribution in [2.75, 3.05) is 13.7 Å². The standard InChI is InChI=1S/C21H23N3O2S/c1-23(21(25)19-10-9-18(27-19)17-8-5-13-26-17)15-20-22-11-12-24(20)14-16-6-3-2-4-7-16/h2-4,6-7,9-12,17H,5,8,13-15H2,1H3/t17-/m1/s1. The number of hydrogen-bond acceptors (Lipinski definition) is 4. The fourth-order valence-electron chi connectivity index (χ4n) is 3.33. The smallest absolute Gasteiger partial charge is 0.264 e. The van der Waals surface area contributed by atoms with Crippen molar-refractivity contribution in [2.45, 2.75) is 32.0 Å². The SMILES string of the molecule is CN(Cc1nccn1Cc1ccccc1)C(=O)c1ccc([C@H]2CCCO2)s1. The summed E-state index contributed by atoms with van der Waals surface area (Å²) in [4.78, 5) is 20.9. The van der Waals surface area contributed by atoms with Gasteiger partial charge in [-0.05, 0) is 30.5 Å². The molecule has 1 atom stereocenters. The van der Waals surface area contributed by atoms with Crippen molar-refractivity contribution in [2.24, 2.45) is 0 Å². The molecular formula is C21H23N3O2S. The minimum Gasteiger partial charge on any atom is -0.373 e. The molecule has 3 aromatic rings. The van der Waals surface area contributed by atoms with Crippen LogP contribution in [-0.2, 0) is 17.8 Å². The third kappa shape index (κ3) is 4.12. The molecule has 0 radical (unpaired) electrons. The Morgan fingerprint density at radius 1 is 1.30 bits per heavy atom. The molecule has 0 unspecified atom stereocenters. The van der Waals surface area contributed by atoms with Crippen molar-refractivity contribution >= 4 is 17.2 Å². The van der Waals surface area contributed by atoms with Crippen LogP contribution in [0.25, 0.3) is 0 Å². The maximum atomic E-state index is 12.8. The van der Waals surface area contributed by atoms with Crippen molar-refractivity contribution in [3.8, 4) is 0 Å². The predicted octanol–water partition coefficient (Wildman–Crippen LogP) is 4.12. The highest BCUT2D eigenvalue weighted by molar-refractivity contribution is 7.14. The van der Waals surface area contributed by atoms with Gasteiger partial charge >= 0.3 is 0 Å². The average molecular weight is 382 g/mol. The first-order chi connectivity index (χ1) is 13.2. The molecule has 1 fully saturated rings. The van der Waals surface area contributed by atoms with Gasteiger partial charge in [0, 0.05) is 37.5 Å². The highest BCUT2D eigenvalue weighted by atomic mass is 32.1. The largest absolute Gasteiger partial charge is 0.373 e. The number of benzene rings is 1. The van der Waals surface area contributed by atoms with Gasteiger partial charge in [-0.2, -0.15) is 0 Å². The molecular weight excluding hydrogens is 358 g/mol. The fraction of sp³-hybridized carbons (Fsp3) is 0.333. The van der Waals surface area contributed by atoms with E-state index in [-0.39, 0.29) is 12.0 Å². The van der Waals surface area contributed by atoms with E-state index in [1.807, 2.05) is 43.6 Å². The molecule has 3 heterocycles. The second kappa shape index (κ2) is 8.06. The molecule has 1 aliphatic heterocycles. The number of ether oxygens (including phenoxy) is 1. The molecule has 1 aromatic carbocycles. The lowest BCUT2D eigenvalue weighted by molar-refractivity contribution is 0.0785. The van der Waals surface area contributed by atoms with E-state index in [1.54, 1.807) is 22.4 Å². The summed E-state index contributed by atoms with van der Waals surface area (Å²) in [7, 11) is 1.83. The Labute approximate surface area is 163 Å². The Hall–Kier alpha value is -2.44. The molecule has 27 heavy (non-hydrogen) atoms. The molecule has 0 spiro atoms. The zero-order chi connectivity index (χ0) is 18.6. The lowest BCUT2D eigenvalue weighted by atomic mass is 10.2. The molecule has 2 aromatic heterocycles. The molecule has 6 heteroatoms. The second-order valence-corrected chi connectivity index (χ2v) is 7.94. The summed E-state index contributed by atoms with van der Waals surface area (Å²) in [5.74, 6) is 0.907. The maximum Gasteiger partial charge on any atom is 0.264 e. The number of hydrogen-bond donors (Lipinski definition) is 0. The molecule has 0 bridgehead atoms. The van der Waals surface area contributed by atoms with Crippen LogP contribution in [0.2, 0.25) is 0 Å². The molecule has 0 saturated carbocycles. The van der Waals surface area contributed by atoms with E-state index < -0.39 is 0 Å². The van der Waals surface area contributed by atoms with E-state index in [2.05, 4.69) is 21.7 Å². The Morgan fingerprint density at radius 2 is 2.15 bits per heavy atom. The Balaban J connectivity index is 1.42. The van der Waals surface area contributed by atoms with Crippen LogP contribution in [0.3, 0.4) is 0 Å². The summed E-state index contributed by atoms with van der Waals surface area (Å²) in [5, 5.41) is 0. The number of carbonyl (C=O) groups excluding carboxylic acids is 1. The van der Waals surface area contributed by atoms with Gasteiger partial charge in [0.05, 0.1) is 17.5 Å². The van der Waals surface area contributed by atoms with Crippen molar-refractivity contribution in [1.29, 1.82) is 0 Å². The summed E-state index contributed by atoms with van der Waals surface area (Å²) in [6.45, 7) is 2.04. The number of nitrogens with zero attached hydrogens (tertiary/aromatic N) is 3. The average Bonchev–Trinajstić information content (AvgIpc) is 3.44. The highest BCUT2D eigenvalue weighted by Gasteiger charge is 2.22. The third-order valence-electron chi connectivity index (χ3n) is 4.81. The van der Waals surface area contributed by atoms with E-state index in [1.165, 1.54) is 5.56 Å². The van der Waals surface area contributed by atoms with E-state index >= 15 is 0 Å². The summed E-state index contributed by atoms with van der Waals surface area (Å²) >= 11 is 1.54. The minimum atomic E-state index is 0.0264. The molecule has 4 rings (SSSR count). The second-order valence-electron chi connectivity index (χ2n) is 6.82. The van der Waals surface area contributed by atoms with Crippen LogP contribution in [0.5, 0.6) is 0 Å². The van der Waals surface area contributed by atoms with Gasteiger partial charge in [-0.3, -0.25) is 4.79 Å². The summed E-state index contributed by atoms with van der Waals surface area (Å²) in [5.41, 5.74) is 1.21. The highest BCUT2D eigenvalue weighted by Crippen LogP contribution is 2.33. The minimum absolute atomic E-state index is 0.0264. The van der Waals surface area contributed by atoms with Gasteiger partial charge in [-0.15, -0.1) is 11.3 Å². The number of imidazole rings is 1. The lowest BCUT2D eigenvalue weighted by Crippen LogP contribution is -2.27. The predicted molar refractivity (Wildman–Crippen MR) is 106 cm³/mol.